The van der Waals surface area contributed by atoms with Gasteiger partial charge >= 0.3 is 5.97 Å². The summed E-state index contributed by atoms with van der Waals surface area (Å²) in [5.74, 6) is -0.221. The molecule has 1 unspecified atom stereocenters. The van der Waals surface area contributed by atoms with Crippen LogP contribution in [-0.2, 0) is 14.3 Å². The molecule has 1 atom stereocenters. The quantitative estimate of drug-likeness (QED) is 0.307. The van der Waals surface area contributed by atoms with Gasteiger partial charge in [0.15, 0.2) is 5.78 Å². The van der Waals surface area contributed by atoms with E-state index in [9.17, 15) is 9.59 Å². The summed E-state index contributed by atoms with van der Waals surface area (Å²) in [7, 11) is 1.28. The van der Waals surface area contributed by atoms with Gasteiger partial charge in [0.2, 0.25) is 0 Å². The molecule has 0 fully saturated rings. The van der Waals surface area contributed by atoms with Crippen LogP contribution in [0.3, 0.4) is 0 Å². The van der Waals surface area contributed by atoms with E-state index in [1.54, 1.807) is 0 Å². The second kappa shape index (κ2) is 6.17. The number of hydrogen-bond donors (Lipinski definition) is 0. The van der Waals surface area contributed by atoms with Gasteiger partial charge in [-0.3, -0.25) is 9.59 Å². The second-order valence-corrected chi connectivity index (χ2v) is 3.62. The third kappa shape index (κ3) is 4.58. The molecule has 0 saturated carbocycles. The zero-order chi connectivity index (χ0) is 11.1. The lowest BCUT2D eigenvalue weighted by Crippen LogP contribution is -2.07. The van der Waals surface area contributed by atoms with E-state index in [0.29, 0.717) is 5.92 Å². The van der Waals surface area contributed by atoms with E-state index < -0.39 is 5.97 Å². The smallest absolute Gasteiger partial charge is 0.313 e. The maximum Gasteiger partial charge on any atom is 0.313 e. The molecule has 0 bridgehead atoms. The van der Waals surface area contributed by atoms with E-state index in [-0.39, 0.29) is 12.2 Å². The van der Waals surface area contributed by atoms with Crippen molar-refractivity contribution in [2.45, 2.75) is 25.7 Å². The monoisotopic (exact) mass is 208 g/mol. The molecule has 3 heteroatoms. The maximum atomic E-state index is 11.2. The summed E-state index contributed by atoms with van der Waals surface area (Å²) in [6, 6.07) is 0. The fourth-order valence-corrected chi connectivity index (χ4v) is 1.51. The predicted molar refractivity (Wildman–Crippen MR) is 57.3 cm³/mol. The minimum Gasteiger partial charge on any atom is -0.469 e. The Balaban J connectivity index is 2.33. The van der Waals surface area contributed by atoms with Crippen LogP contribution in [0.5, 0.6) is 0 Å². The van der Waals surface area contributed by atoms with Gasteiger partial charge in [-0.2, -0.15) is 0 Å². The summed E-state index contributed by atoms with van der Waals surface area (Å²) < 4.78 is 4.41. The van der Waals surface area contributed by atoms with E-state index in [0.717, 1.165) is 19.3 Å². The highest BCUT2D eigenvalue weighted by atomic mass is 16.5. The second-order valence-electron chi connectivity index (χ2n) is 3.62. The number of methoxy groups -OCH3 is 1. The molecular formula is C12H16O3. The van der Waals surface area contributed by atoms with Crippen molar-refractivity contribution in [3.05, 3.63) is 24.3 Å². The molecule has 0 heterocycles. The Hall–Kier alpha value is -1.38. The van der Waals surface area contributed by atoms with Gasteiger partial charge in [-0.25, -0.2) is 0 Å². The molecule has 1 aliphatic carbocycles. The first kappa shape index (κ1) is 11.7. The van der Waals surface area contributed by atoms with Crippen LogP contribution in [-0.4, -0.2) is 18.9 Å². The zero-order valence-electron chi connectivity index (χ0n) is 8.94. The van der Waals surface area contributed by atoms with Gasteiger partial charge in [0.25, 0.3) is 0 Å². The molecule has 82 valence electrons. The molecule has 1 aliphatic rings. The third-order valence-corrected chi connectivity index (χ3v) is 2.41. The van der Waals surface area contributed by atoms with Crippen molar-refractivity contribution < 1.29 is 14.3 Å². The van der Waals surface area contributed by atoms with Crippen molar-refractivity contribution in [2.75, 3.05) is 7.11 Å². The van der Waals surface area contributed by atoms with Gasteiger partial charge in [0.05, 0.1) is 7.11 Å². The van der Waals surface area contributed by atoms with Crippen LogP contribution in [0.4, 0.5) is 0 Å². The number of hydrogen-bond acceptors (Lipinski definition) is 3. The summed E-state index contributed by atoms with van der Waals surface area (Å²) in [5.41, 5.74) is 0. The molecule has 0 spiro atoms. The summed E-state index contributed by atoms with van der Waals surface area (Å²) >= 11 is 0. The van der Waals surface area contributed by atoms with E-state index in [1.807, 2.05) is 6.08 Å². The van der Waals surface area contributed by atoms with Crippen molar-refractivity contribution in [3.63, 3.8) is 0 Å². The minimum absolute atomic E-state index is 0.157. The fraction of sp³-hybridized carbons (Fsp3) is 0.500. The number of allylic oxidation sites excluding steroid dienone is 4. The van der Waals surface area contributed by atoms with E-state index in [1.165, 1.54) is 13.2 Å². The molecule has 15 heavy (non-hydrogen) atoms. The van der Waals surface area contributed by atoms with Crippen molar-refractivity contribution >= 4 is 11.8 Å². The standard InChI is InChI=1S/C12H16O3/c1-15-12(14)9-11(13)8-7-10-5-3-2-4-6-10/h2-3,7-8,10H,4-6,9H2,1H3/b8-7+. The number of ether oxygens (including phenoxy) is 1. The van der Waals surface area contributed by atoms with Crippen LogP contribution in [0.15, 0.2) is 24.3 Å². The number of rotatable bonds is 4. The molecule has 0 aromatic rings. The van der Waals surface area contributed by atoms with Crippen LogP contribution in [0.2, 0.25) is 0 Å². The average molecular weight is 208 g/mol. The van der Waals surface area contributed by atoms with Gasteiger partial charge in [-0.15, -0.1) is 0 Å². The van der Waals surface area contributed by atoms with E-state index >= 15 is 0 Å². The molecular weight excluding hydrogens is 192 g/mol. The number of esters is 1. The topological polar surface area (TPSA) is 43.4 Å². The highest BCUT2D eigenvalue weighted by molar-refractivity contribution is 6.01. The molecule has 0 aromatic carbocycles. The largest absolute Gasteiger partial charge is 0.469 e. The first-order valence-electron chi connectivity index (χ1n) is 5.15. The summed E-state index contributed by atoms with van der Waals surface area (Å²) in [6.45, 7) is 0. The lowest BCUT2D eigenvalue weighted by atomic mass is 9.94. The Kier molecular flexibility index (Phi) is 4.81. The Morgan fingerprint density at radius 3 is 2.87 bits per heavy atom. The molecule has 0 radical (unpaired) electrons. The van der Waals surface area contributed by atoms with Crippen LogP contribution in [0.25, 0.3) is 0 Å². The zero-order valence-corrected chi connectivity index (χ0v) is 8.94. The van der Waals surface area contributed by atoms with Crippen molar-refractivity contribution in [3.8, 4) is 0 Å². The first-order chi connectivity index (χ1) is 7.22. The van der Waals surface area contributed by atoms with Gasteiger partial charge in [0.1, 0.15) is 6.42 Å². The number of carbonyl (C=O) groups excluding carboxylic acids is 2. The van der Waals surface area contributed by atoms with Gasteiger partial charge < -0.3 is 4.74 Å². The number of carbonyl (C=O) groups is 2. The first-order valence-corrected chi connectivity index (χ1v) is 5.15. The highest BCUT2D eigenvalue weighted by Crippen LogP contribution is 2.19. The Morgan fingerprint density at radius 2 is 2.27 bits per heavy atom. The van der Waals surface area contributed by atoms with E-state index in [4.69, 9.17) is 0 Å². The van der Waals surface area contributed by atoms with Gasteiger partial charge in [-0.05, 0) is 31.3 Å². The lowest BCUT2D eigenvalue weighted by Gasteiger charge is -2.12. The molecule has 0 amide bonds. The third-order valence-electron chi connectivity index (χ3n) is 2.41. The summed E-state index contributed by atoms with van der Waals surface area (Å²) in [6.07, 6.45) is 10.7. The van der Waals surface area contributed by atoms with Gasteiger partial charge in [-0.1, -0.05) is 18.2 Å². The average Bonchev–Trinajstić information content (AvgIpc) is 2.27. The van der Waals surface area contributed by atoms with Crippen LogP contribution in [0.1, 0.15) is 25.7 Å². The van der Waals surface area contributed by atoms with Crippen molar-refractivity contribution in [2.24, 2.45) is 5.92 Å². The molecule has 0 saturated heterocycles. The van der Waals surface area contributed by atoms with Crippen molar-refractivity contribution in [1.29, 1.82) is 0 Å². The molecule has 1 rings (SSSR count). The Bertz CT molecular complexity index is 289. The molecule has 0 aromatic heterocycles. The summed E-state index contributed by atoms with van der Waals surface area (Å²) in [4.78, 5) is 22.0. The van der Waals surface area contributed by atoms with Crippen LogP contribution in [0, 0.1) is 5.92 Å². The number of ketones is 1. The van der Waals surface area contributed by atoms with Crippen molar-refractivity contribution in [1.82, 2.24) is 0 Å². The Labute approximate surface area is 89.8 Å². The molecule has 0 aliphatic heterocycles. The molecule has 0 N–H and O–H groups in total. The van der Waals surface area contributed by atoms with E-state index in [2.05, 4.69) is 16.9 Å². The Morgan fingerprint density at radius 1 is 1.47 bits per heavy atom. The summed E-state index contributed by atoms with van der Waals surface area (Å²) in [5, 5.41) is 0. The predicted octanol–water partition coefficient (Wildman–Crippen LogP) is 2.03. The fourth-order valence-electron chi connectivity index (χ4n) is 1.51. The minimum atomic E-state index is -0.479. The SMILES string of the molecule is COC(=O)CC(=O)/C=C/C1CC=CCC1. The highest BCUT2D eigenvalue weighted by Gasteiger charge is 2.09. The van der Waals surface area contributed by atoms with Gasteiger partial charge in [0, 0.05) is 0 Å². The molecule has 3 nitrogen and oxygen atoms in total. The van der Waals surface area contributed by atoms with Crippen LogP contribution >= 0.6 is 0 Å². The van der Waals surface area contributed by atoms with Crippen LogP contribution < -0.4 is 0 Å². The maximum absolute atomic E-state index is 11.2. The lowest BCUT2D eigenvalue weighted by molar-refractivity contribution is -0.142. The normalized spacial score (nSPS) is 20.5.